The number of halogens is 1. The van der Waals surface area contributed by atoms with Crippen LogP contribution < -0.4 is 20.1 Å². The fourth-order valence-electron chi connectivity index (χ4n) is 4.57. The quantitative estimate of drug-likeness (QED) is 0.820. The number of hydrogen-bond acceptors (Lipinski definition) is 6. The molecule has 1 N–H and O–H groups in total. The van der Waals surface area contributed by atoms with Gasteiger partial charge in [0, 0.05) is 38.4 Å². The van der Waals surface area contributed by atoms with Crippen molar-refractivity contribution < 1.29 is 19.0 Å². The first kappa shape index (κ1) is 17.8. The Bertz CT molecular complexity index is 1130. The number of hydrogen-bond donors (Lipinski definition) is 1. The van der Waals surface area contributed by atoms with E-state index in [0.29, 0.717) is 23.5 Å². The number of anilines is 1. The highest BCUT2D eigenvalue weighted by Gasteiger charge is 2.36. The molecule has 8 nitrogen and oxygen atoms in total. The molecule has 0 aliphatic carbocycles. The van der Waals surface area contributed by atoms with Gasteiger partial charge in [-0.05, 0) is 25.6 Å². The third kappa shape index (κ3) is 2.49. The molecule has 0 radical (unpaired) electrons. The highest BCUT2D eigenvalue weighted by Crippen LogP contribution is 2.42. The summed E-state index contributed by atoms with van der Waals surface area (Å²) in [4.78, 5) is 28.5. The van der Waals surface area contributed by atoms with E-state index < -0.39 is 22.8 Å². The first-order chi connectivity index (χ1) is 13.9. The Morgan fingerprint density at radius 3 is 2.90 bits per heavy atom. The minimum Gasteiger partial charge on any atom is -0.477 e. The predicted molar refractivity (Wildman–Crippen MR) is 106 cm³/mol. The van der Waals surface area contributed by atoms with E-state index in [9.17, 15) is 14.7 Å². The lowest BCUT2D eigenvalue weighted by Gasteiger charge is -2.45. The smallest absolute Gasteiger partial charge is 0.341 e. The van der Waals surface area contributed by atoms with Crippen LogP contribution in [0.5, 0.6) is 5.75 Å². The van der Waals surface area contributed by atoms with Gasteiger partial charge >= 0.3 is 5.97 Å². The third-order valence-electron chi connectivity index (χ3n) is 6.02. The minimum absolute atomic E-state index is 0.00141. The molecule has 1 fully saturated rings. The van der Waals surface area contributed by atoms with E-state index in [1.807, 2.05) is 11.8 Å². The lowest BCUT2D eigenvalue weighted by atomic mass is 10.0. The second-order valence-corrected chi connectivity index (χ2v) is 7.86. The van der Waals surface area contributed by atoms with Gasteiger partial charge in [-0.2, -0.15) is 0 Å². The summed E-state index contributed by atoms with van der Waals surface area (Å²) in [5.74, 6) is -1.63. The Morgan fingerprint density at radius 2 is 2.14 bits per heavy atom. The number of aromatic carboxylic acids is 1. The maximum atomic E-state index is 15.4. The van der Waals surface area contributed by atoms with Crippen molar-refractivity contribution in [3.05, 3.63) is 46.1 Å². The van der Waals surface area contributed by atoms with Crippen LogP contribution in [0.1, 0.15) is 23.7 Å². The molecule has 3 aliphatic rings. The number of carbonyl (C=O) groups is 1. The Balaban J connectivity index is 1.75. The molecule has 0 bridgehead atoms. The molecule has 152 valence electrons. The number of nitrogens with zero attached hydrogens (tertiary/aromatic N) is 4. The average molecular weight is 400 g/mol. The average Bonchev–Trinajstić information content (AvgIpc) is 3.12. The molecule has 3 aliphatic heterocycles. The van der Waals surface area contributed by atoms with E-state index >= 15 is 4.39 Å². The molecule has 0 spiro atoms. The second-order valence-electron chi connectivity index (χ2n) is 7.86. The SMILES string of the molecule is CC1CN2C=CC[C@H]2CN1c1c(F)cc2c(=O)c(C(=O)O)cn3c2c1OCN3C. The van der Waals surface area contributed by atoms with Crippen LogP contribution in [0.2, 0.25) is 0 Å². The van der Waals surface area contributed by atoms with Gasteiger partial charge in [-0.15, -0.1) is 0 Å². The summed E-state index contributed by atoms with van der Waals surface area (Å²) in [6.07, 6.45) is 6.40. The second kappa shape index (κ2) is 6.13. The van der Waals surface area contributed by atoms with Gasteiger partial charge in [0.25, 0.3) is 0 Å². The Hall–Kier alpha value is -3.23. The number of pyridine rings is 1. The number of ether oxygens (including phenoxy) is 1. The molecular weight excluding hydrogens is 379 g/mol. The van der Waals surface area contributed by atoms with Gasteiger partial charge in [-0.1, -0.05) is 6.08 Å². The third-order valence-corrected chi connectivity index (χ3v) is 6.02. The maximum Gasteiger partial charge on any atom is 0.341 e. The fourth-order valence-corrected chi connectivity index (χ4v) is 4.57. The summed E-state index contributed by atoms with van der Waals surface area (Å²) >= 11 is 0. The number of carboxylic acid groups (broad SMARTS) is 1. The highest BCUT2D eigenvalue weighted by atomic mass is 19.1. The molecule has 2 aromatic rings. The van der Waals surface area contributed by atoms with Crippen LogP contribution in [0.4, 0.5) is 10.1 Å². The van der Waals surface area contributed by atoms with Crippen LogP contribution in [-0.2, 0) is 0 Å². The van der Waals surface area contributed by atoms with Crippen molar-refractivity contribution in [1.29, 1.82) is 0 Å². The predicted octanol–water partition coefficient (Wildman–Crippen LogP) is 1.55. The summed E-state index contributed by atoms with van der Waals surface area (Å²) in [6, 6.07) is 1.46. The molecular formula is C20H21FN4O4. The topological polar surface area (TPSA) is 78.2 Å². The van der Waals surface area contributed by atoms with Gasteiger partial charge in [0.15, 0.2) is 18.3 Å². The summed E-state index contributed by atoms with van der Waals surface area (Å²) < 4.78 is 22.8. The molecule has 0 saturated carbocycles. The molecule has 9 heteroatoms. The molecule has 29 heavy (non-hydrogen) atoms. The zero-order valence-corrected chi connectivity index (χ0v) is 16.1. The Kier molecular flexibility index (Phi) is 3.77. The van der Waals surface area contributed by atoms with Crippen molar-refractivity contribution in [2.45, 2.75) is 25.4 Å². The number of benzene rings is 1. The molecule has 0 amide bonds. The number of aromatic nitrogens is 1. The van der Waals surface area contributed by atoms with Gasteiger partial charge in [0.1, 0.15) is 16.8 Å². The summed E-state index contributed by atoms with van der Waals surface area (Å²) in [7, 11) is 1.72. The van der Waals surface area contributed by atoms with Crippen molar-refractivity contribution in [1.82, 2.24) is 9.58 Å². The Labute approximate surface area is 165 Å². The summed E-state index contributed by atoms with van der Waals surface area (Å²) in [5.41, 5.74) is -0.388. The van der Waals surface area contributed by atoms with E-state index in [0.717, 1.165) is 19.0 Å². The van der Waals surface area contributed by atoms with Crippen molar-refractivity contribution in [3.63, 3.8) is 0 Å². The molecule has 1 aromatic carbocycles. The van der Waals surface area contributed by atoms with E-state index in [1.54, 1.807) is 16.7 Å². The van der Waals surface area contributed by atoms with Crippen LogP contribution >= 0.6 is 0 Å². The van der Waals surface area contributed by atoms with E-state index in [4.69, 9.17) is 4.74 Å². The van der Waals surface area contributed by atoms with E-state index in [2.05, 4.69) is 17.2 Å². The van der Waals surface area contributed by atoms with Crippen molar-refractivity contribution in [2.75, 3.05) is 36.8 Å². The molecule has 5 rings (SSSR count). The van der Waals surface area contributed by atoms with Gasteiger partial charge in [-0.25, -0.2) is 9.18 Å². The molecule has 1 unspecified atom stereocenters. The normalized spacial score (nSPS) is 22.8. The monoisotopic (exact) mass is 400 g/mol. The summed E-state index contributed by atoms with van der Waals surface area (Å²) in [6.45, 7) is 3.55. The van der Waals surface area contributed by atoms with Crippen LogP contribution in [0, 0.1) is 5.82 Å². The number of fused-ring (bicyclic) bond motifs is 1. The van der Waals surface area contributed by atoms with Gasteiger partial charge in [-0.3, -0.25) is 14.5 Å². The van der Waals surface area contributed by atoms with E-state index in [-0.39, 0.29) is 24.2 Å². The first-order valence-corrected chi connectivity index (χ1v) is 9.55. The zero-order valence-electron chi connectivity index (χ0n) is 16.1. The van der Waals surface area contributed by atoms with Crippen LogP contribution in [-0.4, -0.2) is 59.6 Å². The van der Waals surface area contributed by atoms with E-state index in [1.165, 1.54) is 6.20 Å². The standard InChI is InChI=1S/C20H21FN4O4/c1-11-7-23-5-3-4-12(23)8-24(11)17-15(21)6-13-16-19(17)29-10-22(2)25(16)9-14(18(13)26)20(27)28/h3,5-6,9,11-12H,4,7-8,10H2,1-2H3,(H,27,28)/t11?,12-/m0/s1. The fraction of sp³-hybridized carbons (Fsp3) is 0.400. The number of carboxylic acids is 1. The molecule has 1 saturated heterocycles. The molecule has 1 aromatic heterocycles. The van der Waals surface area contributed by atoms with Crippen LogP contribution in [0.3, 0.4) is 0 Å². The maximum absolute atomic E-state index is 15.4. The van der Waals surface area contributed by atoms with Gasteiger partial charge in [0.2, 0.25) is 5.43 Å². The first-order valence-electron chi connectivity index (χ1n) is 9.55. The number of rotatable bonds is 2. The number of piperazine rings is 1. The zero-order chi connectivity index (χ0) is 20.4. The largest absolute Gasteiger partial charge is 0.477 e. The van der Waals surface area contributed by atoms with Crippen LogP contribution in [0.25, 0.3) is 10.9 Å². The minimum atomic E-state index is -1.34. The van der Waals surface area contributed by atoms with Crippen LogP contribution in [0.15, 0.2) is 29.3 Å². The summed E-state index contributed by atoms with van der Waals surface area (Å²) in [5, 5.41) is 11.0. The van der Waals surface area contributed by atoms with Gasteiger partial charge in [0.05, 0.1) is 5.39 Å². The highest BCUT2D eigenvalue weighted by molar-refractivity contribution is 5.97. The lowest BCUT2D eigenvalue weighted by Crippen LogP contribution is -2.54. The Morgan fingerprint density at radius 1 is 1.34 bits per heavy atom. The molecule has 2 atom stereocenters. The van der Waals surface area contributed by atoms with Crippen molar-refractivity contribution in [3.8, 4) is 5.75 Å². The molecule has 4 heterocycles. The van der Waals surface area contributed by atoms with Crippen molar-refractivity contribution in [2.24, 2.45) is 0 Å². The lowest BCUT2D eigenvalue weighted by molar-refractivity contribution is 0.0694. The van der Waals surface area contributed by atoms with Gasteiger partial charge < -0.3 is 19.6 Å². The van der Waals surface area contributed by atoms with Crippen molar-refractivity contribution >= 4 is 22.6 Å².